The summed E-state index contributed by atoms with van der Waals surface area (Å²) in [7, 11) is 1.61. The lowest BCUT2D eigenvalue weighted by Gasteiger charge is -2.34. The number of carbonyl (C=O) groups is 2. The molecular formula is C18H33N3O3. The van der Waals surface area contributed by atoms with Crippen molar-refractivity contribution in [3.05, 3.63) is 0 Å². The Morgan fingerprint density at radius 1 is 1.04 bits per heavy atom. The molecule has 2 unspecified atom stereocenters. The Morgan fingerprint density at radius 2 is 1.71 bits per heavy atom. The van der Waals surface area contributed by atoms with Gasteiger partial charge in [-0.25, -0.2) is 4.79 Å². The van der Waals surface area contributed by atoms with E-state index in [0.29, 0.717) is 24.9 Å². The highest BCUT2D eigenvalue weighted by Gasteiger charge is 2.27. The average Bonchev–Trinajstić information content (AvgIpc) is 2.73. The van der Waals surface area contributed by atoms with Crippen LogP contribution in [0, 0.1) is 11.8 Å². The SMILES string of the molecule is COCCC(=O)N1CCC(NC(=O)N2CCC(C)CC(C)C2)CC1. The summed E-state index contributed by atoms with van der Waals surface area (Å²) in [6.45, 7) is 8.12. The fraction of sp³-hybridized carbons (Fsp3) is 0.889. The minimum atomic E-state index is 0.0695. The maximum absolute atomic E-state index is 12.5. The number of hydrogen-bond acceptors (Lipinski definition) is 3. The third-order valence-electron chi connectivity index (χ3n) is 5.21. The van der Waals surface area contributed by atoms with Crippen LogP contribution in [0.3, 0.4) is 0 Å². The molecule has 2 heterocycles. The van der Waals surface area contributed by atoms with Crippen LogP contribution in [0.15, 0.2) is 0 Å². The molecule has 3 amide bonds. The van der Waals surface area contributed by atoms with E-state index >= 15 is 0 Å². The lowest BCUT2D eigenvalue weighted by atomic mass is 9.97. The molecule has 0 bridgehead atoms. The summed E-state index contributed by atoms with van der Waals surface area (Å²) in [6.07, 6.45) is 4.40. The van der Waals surface area contributed by atoms with E-state index in [-0.39, 0.29) is 18.0 Å². The number of methoxy groups -OCH3 is 1. The van der Waals surface area contributed by atoms with Crippen LogP contribution in [0.5, 0.6) is 0 Å². The van der Waals surface area contributed by atoms with E-state index < -0.39 is 0 Å². The number of piperidine rings is 1. The van der Waals surface area contributed by atoms with Gasteiger partial charge in [0.15, 0.2) is 0 Å². The number of nitrogens with one attached hydrogen (secondary N) is 1. The second-order valence-corrected chi connectivity index (χ2v) is 7.53. The van der Waals surface area contributed by atoms with Crippen molar-refractivity contribution in [2.45, 2.75) is 52.0 Å². The van der Waals surface area contributed by atoms with Gasteiger partial charge in [0.1, 0.15) is 0 Å². The van der Waals surface area contributed by atoms with Crippen molar-refractivity contribution in [1.82, 2.24) is 15.1 Å². The summed E-state index contributed by atoms with van der Waals surface area (Å²) in [5, 5.41) is 3.18. The van der Waals surface area contributed by atoms with Crippen molar-refractivity contribution in [1.29, 1.82) is 0 Å². The zero-order valence-electron chi connectivity index (χ0n) is 15.4. The molecule has 1 N–H and O–H groups in total. The van der Waals surface area contributed by atoms with Crippen LogP contribution in [0.1, 0.15) is 46.0 Å². The third-order valence-corrected chi connectivity index (χ3v) is 5.21. The van der Waals surface area contributed by atoms with Crippen molar-refractivity contribution < 1.29 is 14.3 Å². The van der Waals surface area contributed by atoms with E-state index in [1.54, 1.807) is 7.11 Å². The Bertz CT molecular complexity index is 422. The van der Waals surface area contributed by atoms with Crippen molar-refractivity contribution in [2.75, 3.05) is 39.9 Å². The molecule has 138 valence electrons. The second-order valence-electron chi connectivity index (χ2n) is 7.53. The number of amides is 3. The van der Waals surface area contributed by atoms with Crippen LogP contribution >= 0.6 is 0 Å². The highest BCUT2D eigenvalue weighted by Crippen LogP contribution is 2.21. The Kier molecular flexibility index (Phi) is 7.34. The van der Waals surface area contributed by atoms with Crippen molar-refractivity contribution in [3.8, 4) is 0 Å². The minimum absolute atomic E-state index is 0.0695. The normalized spacial score (nSPS) is 26.1. The van der Waals surface area contributed by atoms with E-state index in [0.717, 1.165) is 45.4 Å². The molecule has 24 heavy (non-hydrogen) atoms. The Labute approximate surface area is 145 Å². The summed E-state index contributed by atoms with van der Waals surface area (Å²) in [6, 6.07) is 0.250. The molecule has 6 nitrogen and oxygen atoms in total. The van der Waals surface area contributed by atoms with Gasteiger partial charge in [-0.05, 0) is 37.5 Å². The lowest BCUT2D eigenvalue weighted by Crippen LogP contribution is -2.50. The van der Waals surface area contributed by atoms with E-state index in [2.05, 4.69) is 19.2 Å². The number of likely N-dealkylation sites (tertiary alicyclic amines) is 2. The van der Waals surface area contributed by atoms with E-state index in [9.17, 15) is 9.59 Å². The number of hydrogen-bond donors (Lipinski definition) is 1. The monoisotopic (exact) mass is 339 g/mol. The van der Waals surface area contributed by atoms with Gasteiger partial charge in [-0.3, -0.25) is 4.79 Å². The molecule has 2 fully saturated rings. The zero-order valence-corrected chi connectivity index (χ0v) is 15.4. The molecule has 0 aromatic heterocycles. The number of urea groups is 1. The van der Waals surface area contributed by atoms with Gasteiger partial charge in [-0.1, -0.05) is 13.8 Å². The molecule has 0 radical (unpaired) electrons. The smallest absolute Gasteiger partial charge is 0.317 e. The van der Waals surface area contributed by atoms with Gasteiger partial charge >= 0.3 is 6.03 Å². The van der Waals surface area contributed by atoms with Crippen LogP contribution in [0.2, 0.25) is 0 Å². The van der Waals surface area contributed by atoms with Crippen LogP contribution < -0.4 is 5.32 Å². The van der Waals surface area contributed by atoms with E-state index in [1.807, 2.05) is 9.80 Å². The first-order chi connectivity index (χ1) is 11.5. The van der Waals surface area contributed by atoms with Gasteiger partial charge in [-0.2, -0.15) is 0 Å². The Morgan fingerprint density at radius 3 is 2.38 bits per heavy atom. The largest absolute Gasteiger partial charge is 0.384 e. The van der Waals surface area contributed by atoms with Gasteiger partial charge in [0.2, 0.25) is 5.91 Å². The molecule has 0 aromatic carbocycles. The quantitative estimate of drug-likeness (QED) is 0.853. The summed E-state index contributed by atoms with van der Waals surface area (Å²) in [5.74, 6) is 1.41. The fourth-order valence-corrected chi connectivity index (χ4v) is 3.79. The molecule has 0 spiro atoms. The van der Waals surface area contributed by atoms with Crippen LogP contribution in [0.25, 0.3) is 0 Å². The van der Waals surface area contributed by atoms with Crippen LogP contribution in [-0.4, -0.2) is 67.7 Å². The lowest BCUT2D eigenvalue weighted by molar-refractivity contribution is -0.133. The van der Waals surface area contributed by atoms with E-state index in [4.69, 9.17) is 4.74 Å². The Balaban J connectivity index is 1.74. The van der Waals surface area contributed by atoms with Gasteiger partial charge in [-0.15, -0.1) is 0 Å². The van der Waals surface area contributed by atoms with Crippen LogP contribution in [-0.2, 0) is 9.53 Å². The molecular weight excluding hydrogens is 306 g/mol. The van der Waals surface area contributed by atoms with E-state index in [1.165, 1.54) is 6.42 Å². The standard InChI is InChI=1S/C18H33N3O3/c1-14-4-8-21(13-15(2)12-14)18(23)19-16-5-9-20(10-6-16)17(22)7-11-24-3/h14-16H,4-13H2,1-3H3,(H,19,23). The predicted octanol–water partition coefficient (Wildman–Crippen LogP) is 2.09. The van der Waals surface area contributed by atoms with Crippen molar-refractivity contribution in [2.24, 2.45) is 11.8 Å². The number of ether oxygens (including phenoxy) is 1. The summed E-state index contributed by atoms with van der Waals surface area (Å²) < 4.78 is 4.96. The van der Waals surface area contributed by atoms with Gasteiger partial charge in [0, 0.05) is 39.3 Å². The summed E-state index contributed by atoms with van der Waals surface area (Å²) in [5.41, 5.74) is 0. The first-order valence-electron chi connectivity index (χ1n) is 9.31. The third kappa shape index (κ3) is 5.65. The zero-order chi connectivity index (χ0) is 17.5. The number of rotatable bonds is 4. The average molecular weight is 339 g/mol. The highest BCUT2D eigenvalue weighted by atomic mass is 16.5. The maximum Gasteiger partial charge on any atom is 0.317 e. The van der Waals surface area contributed by atoms with Crippen molar-refractivity contribution in [3.63, 3.8) is 0 Å². The van der Waals surface area contributed by atoms with Crippen molar-refractivity contribution >= 4 is 11.9 Å². The molecule has 2 rings (SSSR count). The molecule has 0 saturated carbocycles. The topological polar surface area (TPSA) is 61.9 Å². The second kappa shape index (κ2) is 9.25. The molecule has 2 aliphatic heterocycles. The molecule has 0 aromatic rings. The van der Waals surface area contributed by atoms with Crippen LogP contribution in [0.4, 0.5) is 4.79 Å². The molecule has 6 heteroatoms. The minimum Gasteiger partial charge on any atom is -0.384 e. The Hall–Kier alpha value is -1.30. The van der Waals surface area contributed by atoms with Gasteiger partial charge in [0.25, 0.3) is 0 Å². The predicted molar refractivity (Wildman–Crippen MR) is 93.8 cm³/mol. The number of nitrogens with zero attached hydrogens (tertiary/aromatic N) is 2. The van der Waals surface area contributed by atoms with Gasteiger partial charge in [0.05, 0.1) is 13.0 Å². The summed E-state index contributed by atoms with van der Waals surface area (Å²) >= 11 is 0. The molecule has 2 saturated heterocycles. The van der Waals surface area contributed by atoms with Gasteiger partial charge < -0.3 is 19.9 Å². The first-order valence-corrected chi connectivity index (χ1v) is 9.31. The fourth-order valence-electron chi connectivity index (χ4n) is 3.79. The number of carbonyl (C=O) groups excluding carboxylic acids is 2. The highest BCUT2D eigenvalue weighted by molar-refractivity contribution is 5.76. The first kappa shape index (κ1) is 19.0. The maximum atomic E-state index is 12.5. The molecule has 2 aliphatic rings. The molecule has 0 aliphatic carbocycles. The summed E-state index contributed by atoms with van der Waals surface area (Å²) in [4.78, 5) is 28.4. The molecule has 2 atom stereocenters.